The van der Waals surface area contributed by atoms with Gasteiger partial charge in [-0.3, -0.25) is 0 Å². The van der Waals surface area contributed by atoms with Gasteiger partial charge in [0.15, 0.2) is 5.13 Å². The highest BCUT2D eigenvalue weighted by Crippen LogP contribution is 2.37. The van der Waals surface area contributed by atoms with Crippen molar-refractivity contribution in [3.8, 4) is 0 Å². The van der Waals surface area contributed by atoms with Crippen LogP contribution in [0.25, 0.3) is 0 Å². The lowest BCUT2D eigenvalue weighted by atomic mass is 10.2. The molecule has 0 saturated heterocycles. The van der Waals surface area contributed by atoms with Crippen LogP contribution in [0.2, 0.25) is 0 Å². The van der Waals surface area contributed by atoms with E-state index < -0.39 is 0 Å². The molecule has 1 aliphatic rings. The minimum absolute atomic E-state index is 0.189. The Hall–Kier alpha value is -1.46. The summed E-state index contributed by atoms with van der Waals surface area (Å²) in [4.78, 5) is 6.76. The van der Waals surface area contributed by atoms with Gasteiger partial charge in [-0.1, -0.05) is 6.07 Å². The molecule has 0 aliphatic carbocycles. The summed E-state index contributed by atoms with van der Waals surface area (Å²) >= 11 is 1.61. The van der Waals surface area contributed by atoms with E-state index in [1.165, 1.54) is 11.6 Å². The second kappa shape index (κ2) is 4.90. The van der Waals surface area contributed by atoms with E-state index in [0.717, 1.165) is 29.5 Å². The Labute approximate surface area is 116 Å². The molecule has 1 aromatic carbocycles. The van der Waals surface area contributed by atoms with Crippen LogP contribution in [0, 0.1) is 5.82 Å². The van der Waals surface area contributed by atoms with Crippen LogP contribution in [-0.2, 0) is 6.42 Å². The van der Waals surface area contributed by atoms with Crippen LogP contribution >= 0.6 is 11.3 Å². The first-order valence-corrected chi connectivity index (χ1v) is 7.25. The molecule has 2 aromatic rings. The lowest BCUT2D eigenvalue weighted by molar-refractivity contribution is 0.627. The van der Waals surface area contributed by atoms with Crippen molar-refractivity contribution in [2.45, 2.75) is 19.4 Å². The fraction of sp³-hybridized carbons (Fsp3) is 0.357. The molecular weight excluding hydrogens is 261 g/mol. The first-order chi connectivity index (χ1) is 9.19. The van der Waals surface area contributed by atoms with Gasteiger partial charge >= 0.3 is 0 Å². The van der Waals surface area contributed by atoms with Crippen molar-refractivity contribution in [2.75, 3.05) is 18.5 Å². The first kappa shape index (κ1) is 12.6. The summed E-state index contributed by atoms with van der Waals surface area (Å²) in [5.41, 5.74) is 3.19. The van der Waals surface area contributed by atoms with E-state index in [9.17, 15) is 4.39 Å². The largest absolute Gasteiger partial charge is 0.317 e. The Morgan fingerprint density at radius 3 is 3.11 bits per heavy atom. The summed E-state index contributed by atoms with van der Waals surface area (Å²) in [6.45, 7) is 2.95. The summed E-state index contributed by atoms with van der Waals surface area (Å²) in [6.07, 6.45) is 0.951. The van der Waals surface area contributed by atoms with Crippen LogP contribution in [0.4, 0.5) is 15.2 Å². The topological polar surface area (TPSA) is 28.2 Å². The number of thiazole rings is 1. The smallest absolute Gasteiger partial charge is 0.190 e. The molecule has 100 valence electrons. The van der Waals surface area contributed by atoms with Crippen molar-refractivity contribution in [2.24, 2.45) is 0 Å². The molecule has 0 saturated carbocycles. The highest BCUT2D eigenvalue weighted by molar-refractivity contribution is 7.13. The molecule has 0 bridgehead atoms. The van der Waals surface area contributed by atoms with Crippen LogP contribution in [0.5, 0.6) is 0 Å². The SMILES string of the molecule is CNC(C)c1csc(N2CCc3ccc(F)cc32)n1. The van der Waals surface area contributed by atoms with Crippen molar-refractivity contribution in [3.05, 3.63) is 40.7 Å². The van der Waals surface area contributed by atoms with Crippen molar-refractivity contribution in [1.29, 1.82) is 0 Å². The van der Waals surface area contributed by atoms with E-state index in [2.05, 4.69) is 27.5 Å². The predicted molar refractivity (Wildman–Crippen MR) is 76.7 cm³/mol. The lowest BCUT2D eigenvalue weighted by Gasteiger charge is -2.15. The van der Waals surface area contributed by atoms with Gasteiger partial charge in [-0.25, -0.2) is 9.37 Å². The molecule has 1 atom stereocenters. The van der Waals surface area contributed by atoms with Gasteiger partial charge < -0.3 is 10.2 Å². The van der Waals surface area contributed by atoms with Gasteiger partial charge in [0.05, 0.1) is 5.69 Å². The number of fused-ring (bicyclic) bond motifs is 1. The number of hydrogen-bond donors (Lipinski definition) is 1. The summed E-state index contributed by atoms with van der Waals surface area (Å²) in [5.74, 6) is -0.189. The zero-order valence-corrected chi connectivity index (χ0v) is 11.8. The van der Waals surface area contributed by atoms with Crippen LogP contribution in [0.3, 0.4) is 0 Å². The molecule has 0 fully saturated rings. The molecule has 1 N–H and O–H groups in total. The van der Waals surface area contributed by atoms with Gasteiger partial charge in [0.25, 0.3) is 0 Å². The highest BCUT2D eigenvalue weighted by atomic mass is 32.1. The standard InChI is InChI=1S/C14H16FN3S/c1-9(16-2)12-8-19-14(17-12)18-6-5-10-3-4-11(15)7-13(10)18/h3-4,7-9,16H,5-6H2,1-2H3. The second-order valence-electron chi connectivity index (χ2n) is 4.74. The normalized spacial score (nSPS) is 15.6. The van der Waals surface area contributed by atoms with Crippen molar-refractivity contribution >= 4 is 22.2 Å². The third kappa shape index (κ3) is 2.24. The lowest BCUT2D eigenvalue weighted by Crippen LogP contribution is -2.15. The molecule has 5 heteroatoms. The van der Waals surface area contributed by atoms with Crippen molar-refractivity contribution in [3.63, 3.8) is 0 Å². The maximum Gasteiger partial charge on any atom is 0.190 e. The maximum absolute atomic E-state index is 13.4. The van der Waals surface area contributed by atoms with E-state index in [-0.39, 0.29) is 11.9 Å². The molecule has 1 aliphatic heterocycles. The van der Waals surface area contributed by atoms with Gasteiger partial charge in [-0.05, 0) is 38.1 Å². The number of aromatic nitrogens is 1. The van der Waals surface area contributed by atoms with E-state index >= 15 is 0 Å². The van der Waals surface area contributed by atoms with Crippen LogP contribution in [0.1, 0.15) is 24.2 Å². The van der Waals surface area contributed by atoms with Gasteiger partial charge in [-0.2, -0.15) is 0 Å². The first-order valence-electron chi connectivity index (χ1n) is 6.37. The molecule has 2 heterocycles. The average Bonchev–Trinajstić information content (AvgIpc) is 3.03. The van der Waals surface area contributed by atoms with Crippen molar-refractivity contribution < 1.29 is 4.39 Å². The van der Waals surface area contributed by atoms with Gasteiger partial charge in [0.1, 0.15) is 5.82 Å². The van der Waals surface area contributed by atoms with Gasteiger partial charge in [0.2, 0.25) is 0 Å². The maximum atomic E-state index is 13.4. The molecule has 19 heavy (non-hydrogen) atoms. The molecule has 3 rings (SSSR count). The minimum atomic E-state index is -0.189. The predicted octanol–water partition coefficient (Wildman–Crippen LogP) is 3.26. The number of rotatable bonds is 3. The fourth-order valence-electron chi connectivity index (χ4n) is 2.30. The molecule has 0 amide bonds. The second-order valence-corrected chi connectivity index (χ2v) is 5.58. The van der Waals surface area contributed by atoms with Crippen LogP contribution in [-0.4, -0.2) is 18.6 Å². The third-order valence-electron chi connectivity index (χ3n) is 3.56. The summed E-state index contributed by atoms with van der Waals surface area (Å²) < 4.78 is 13.4. The zero-order chi connectivity index (χ0) is 13.4. The number of nitrogens with one attached hydrogen (secondary N) is 1. The van der Waals surface area contributed by atoms with E-state index in [0.29, 0.717) is 0 Å². The third-order valence-corrected chi connectivity index (χ3v) is 4.44. The van der Waals surface area contributed by atoms with E-state index in [1.54, 1.807) is 17.4 Å². The quantitative estimate of drug-likeness (QED) is 0.933. The van der Waals surface area contributed by atoms with Crippen molar-refractivity contribution in [1.82, 2.24) is 10.3 Å². The Morgan fingerprint density at radius 2 is 2.32 bits per heavy atom. The fourth-order valence-corrected chi connectivity index (χ4v) is 3.26. The van der Waals surface area contributed by atoms with Crippen LogP contribution < -0.4 is 10.2 Å². The van der Waals surface area contributed by atoms with E-state index in [4.69, 9.17) is 0 Å². The number of hydrogen-bond acceptors (Lipinski definition) is 4. The Morgan fingerprint density at radius 1 is 1.47 bits per heavy atom. The van der Waals surface area contributed by atoms with Gasteiger partial charge in [-0.15, -0.1) is 11.3 Å². The van der Waals surface area contributed by atoms with Gasteiger partial charge in [0, 0.05) is 23.7 Å². The highest BCUT2D eigenvalue weighted by Gasteiger charge is 2.23. The number of nitrogens with zero attached hydrogens (tertiary/aromatic N) is 2. The number of halogens is 1. The molecule has 0 radical (unpaired) electrons. The Balaban J connectivity index is 1.93. The van der Waals surface area contributed by atoms with Crippen LogP contribution in [0.15, 0.2) is 23.6 Å². The number of benzene rings is 1. The summed E-state index contributed by atoms with van der Waals surface area (Å²) in [7, 11) is 1.92. The monoisotopic (exact) mass is 277 g/mol. The Kier molecular flexibility index (Phi) is 3.24. The number of anilines is 2. The molecule has 1 unspecified atom stereocenters. The molecule has 3 nitrogen and oxygen atoms in total. The molecular formula is C14H16FN3S. The Bertz CT molecular complexity index is 596. The zero-order valence-electron chi connectivity index (χ0n) is 11.0. The molecule has 0 spiro atoms. The average molecular weight is 277 g/mol. The van der Waals surface area contributed by atoms with E-state index in [1.807, 2.05) is 13.1 Å². The minimum Gasteiger partial charge on any atom is -0.317 e. The summed E-state index contributed by atoms with van der Waals surface area (Å²) in [6, 6.07) is 5.23. The summed E-state index contributed by atoms with van der Waals surface area (Å²) in [5, 5.41) is 6.19. The molecule has 1 aromatic heterocycles.